The van der Waals surface area contributed by atoms with Crippen LogP contribution in [0.4, 0.5) is 10.1 Å². The lowest BCUT2D eigenvalue weighted by Crippen LogP contribution is -2.00. The third kappa shape index (κ3) is 1.77. The average Bonchev–Trinajstić information content (AvgIpc) is 2.82. The maximum Gasteiger partial charge on any atom is 0.148 e. The Morgan fingerprint density at radius 2 is 2.05 bits per heavy atom. The Morgan fingerprint density at radius 3 is 2.84 bits per heavy atom. The van der Waals surface area contributed by atoms with Gasteiger partial charge in [0.25, 0.3) is 0 Å². The predicted octanol–water partition coefficient (Wildman–Crippen LogP) is 2.15. The molecule has 5 nitrogen and oxygen atoms in total. The second-order valence-corrected chi connectivity index (χ2v) is 4.04. The molecule has 0 aliphatic heterocycles. The number of aromatic nitrogens is 3. The number of halogens is 1. The standard InChI is InChI=1S/C13H11FN4O/c1-19-13-5-3-2-4-11(13)18-12-7-9(15)8(14)6-10(12)16-17-18/h2-7H,15H2,1H3. The van der Waals surface area contributed by atoms with Gasteiger partial charge in [0.1, 0.15) is 22.8 Å². The number of nitrogens with zero attached hydrogens (tertiary/aromatic N) is 3. The molecule has 2 N–H and O–H groups in total. The highest BCUT2D eigenvalue weighted by Gasteiger charge is 2.12. The molecule has 1 heterocycles. The zero-order chi connectivity index (χ0) is 13.4. The lowest BCUT2D eigenvalue weighted by atomic mass is 10.2. The van der Waals surface area contributed by atoms with E-state index in [1.165, 1.54) is 12.1 Å². The first-order chi connectivity index (χ1) is 9.20. The van der Waals surface area contributed by atoms with Gasteiger partial charge < -0.3 is 10.5 Å². The molecule has 0 unspecified atom stereocenters. The Hall–Kier alpha value is -2.63. The Labute approximate surface area is 108 Å². The molecule has 2 aromatic carbocycles. The van der Waals surface area contributed by atoms with Crippen molar-refractivity contribution in [1.82, 2.24) is 15.0 Å². The number of nitrogens with two attached hydrogens (primary N) is 1. The second-order valence-electron chi connectivity index (χ2n) is 4.04. The van der Waals surface area contributed by atoms with Gasteiger partial charge in [0.05, 0.1) is 18.3 Å². The van der Waals surface area contributed by atoms with Crippen molar-refractivity contribution in [2.45, 2.75) is 0 Å². The van der Waals surface area contributed by atoms with E-state index in [9.17, 15) is 4.39 Å². The molecule has 0 saturated heterocycles. The highest BCUT2D eigenvalue weighted by atomic mass is 19.1. The summed E-state index contributed by atoms with van der Waals surface area (Å²) >= 11 is 0. The number of rotatable bonds is 2. The highest BCUT2D eigenvalue weighted by Crippen LogP contribution is 2.26. The number of hydrogen-bond donors (Lipinski definition) is 1. The fraction of sp³-hybridized carbons (Fsp3) is 0.0769. The molecule has 0 aliphatic rings. The maximum atomic E-state index is 13.4. The Kier molecular flexibility index (Phi) is 2.56. The Balaban J connectivity index is 2.28. The zero-order valence-corrected chi connectivity index (χ0v) is 10.2. The highest BCUT2D eigenvalue weighted by molar-refractivity contribution is 5.80. The van der Waals surface area contributed by atoms with Crippen molar-refractivity contribution < 1.29 is 9.13 Å². The van der Waals surface area contributed by atoms with Crippen molar-refractivity contribution in [2.75, 3.05) is 12.8 Å². The number of ether oxygens (including phenoxy) is 1. The quantitative estimate of drug-likeness (QED) is 0.715. The summed E-state index contributed by atoms with van der Waals surface area (Å²) in [6.45, 7) is 0. The van der Waals surface area contributed by atoms with Gasteiger partial charge in [-0.15, -0.1) is 5.10 Å². The van der Waals surface area contributed by atoms with Crippen LogP contribution in [0.25, 0.3) is 16.7 Å². The first-order valence-corrected chi connectivity index (χ1v) is 5.64. The lowest BCUT2D eigenvalue weighted by Gasteiger charge is -2.08. The molecule has 6 heteroatoms. The monoisotopic (exact) mass is 258 g/mol. The number of nitrogen functional groups attached to an aromatic ring is 1. The molecular weight excluding hydrogens is 247 g/mol. The van der Waals surface area contributed by atoms with Gasteiger partial charge in [-0.25, -0.2) is 9.07 Å². The van der Waals surface area contributed by atoms with Crippen molar-refractivity contribution in [1.29, 1.82) is 0 Å². The fourth-order valence-corrected chi connectivity index (χ4v) is 1.94. The summed E-state index contributed by atoms with van der Waals surface area (Å²) in [5.74, 6) is 0.150. The van der Waals surface area contributed by atoms with E-state index in [0.717, 1.165) is 5.69 Å². The topological polar surface area (TPSA) is 66.0 Å². The smallest absolute Gasteiger partial charge is 0.148 e. The molecule has 0 bridgehead atoms. The Morgan fingerprint density at radius 1 is 1.26 bits per heavy atom. The molecule has 19 heavy (non-hydrogen) atoms. The predicted molar refractivity (Wildman–Crippen MR) is 69.8 cm³/mol. The number of anilines is 1. The summed E-state index contributed by atoms with van der Waals surface area (Å²) in [5.41, 5.74) is 7.44. The maximum absolute atomic E-state index is 13.4. The van der Waals surface area contributed by atoms with Gasteiger partial charge in [-0.3, -0.25) is 0 Å². The van der Waals surface area contributed by atoms with Gasteiger partial charge in [0, 0.05) is 6.07 Å². The van der Waals surface area contributed by atoms with Crippen LogP contribution in [0.5, 0.6) is 5.75 Å². The average molecular weight is 258 g/mol. The number of benzene rings is 2. The van der Waals surface area contributed by atoms with Gasteiger partial charge in [-0.1, -0.05) is 17.3 Å². The van der Waals surface area contributed by atoms with Crippen LogP contribution in [0.1, 0.15) is 0 Å². The lowest BCUT2D eigenvalue weighted by molar-refractivity contribution is 0.412. The van der Waals surface area contributed by atoms with E-state index in [4.69, 9.17) is 10.5 Å². The largest absolute Gasteiger partial charge is 0.494 e. The van der Waals surface area contributed by atoms with Gasteiger partial charge in [0.15, 0.2) is 0 Å². The van der Waals surface area contributed by atoms with Crippen LogP contribution >= 0.6 is 0 Å². The molecule has 1 aromatic heterocycles. The number of fused-ring (bicyclic) bond motifs is 1. The zero-order valence-electron chi connectivity index (χ0n) is 10.2. The molecular formula is C13H11FN4O. The van der Waals surface area contributed by atoms with Crippen LogP contribution in [0.2, 0.25) is 0 Å². The Bertz CT molecular complexity index is 753. The first kappa shape index (κ1) is 11.5. The van der Waals surface area contributed by atoms with Crippen LogP contribution in [0, 0.1) is 5.82 Å². The molecule has 0 amide bonds. The summed E-state index contributed by atoms with van der Waals surface area (Å²) in [4.78, 5) is 0. The molecule has 96 valence electrons. The van der Waals surface area contributed by atoms with E-state index in [1.807, 2.05) is 24.3 Å². The van der Waals surface area contributed by atoms with Crippen LogP contribution in [0.3, 0.4) is 0 Å². The molecule has 0 fully saturated rings. The van der Waals surface area contributed by atoms with Crippen LogP contribution in [-0.2, 0) is 0 Å². The SMILES string of the molecule is COc1ccccc1-n1nnc2cc(F)c(N)cc21. The minimum atomic E-state index is -0.500. The van der Waals surface area contributed by atoms with Crippen LogP contribution < -0.4 is 10.5 Å². The number of hydrogen-bond acceptors (Lipinski definition) is 4. The fourth-order valence-electron chi connectivity index (χ4n) is 1.94. The summed E-state index contributed by atoms with van der Waals surface area (Å²) in [6.07, 6.45) is 0. The minimum Gasteiger partial charge on any atom is -0.494 e. The third-order valence-electron chi connectivity index (χ3n) is 2.88. The van der Waals surface area contributed by atoms with E-state index < -0.39 is 5.82 Å². The van der Waals surface area contributed by atoms with Crippen molar-refractivity contribution >= 4 is 16.7 Å². The normalized spacial score (nSPS) is 10.8. The molecule has 0 aliphatic carbocycles. The minimum absolute atomic E-state index is 0.0611. The third-order valence-corrected chi connectivity index (χ3v) is 2.88. The van der Waals surface area contributed by atoms with E-state index in [2.05, 4.69) is 10.3 Å². The van der Waals surface area contributed by atoms with E-state index in [1.54, 1.807) is 11.8 Å². The number of methoxy groups -OCH3 is 1. The van der Waals surface area contributed by atoms with Gasteiger partial charge in [-0.2, -0.15) is 0 Å². The van der Waals surface area contributed by atoms with E-state index in [-0.39, 0.29) is 5.69 Å². The van der Waals surface area contributed by atoms with Crippen LogP contribution in [0.15, 0.2) is 36.4 Å². The summed E-state index contributed by atoms with van der Waals surface area (Å²) < 4.78 is 20.2. The van der Waals surface area contributed by atoms with E-state index >= 15 is 0 Å². The summed E-state index contributed by atoms with van der Waals surface area (Å²) in [6, 6.07) is 10.1. The second kappa shape index (κ2) is 4.24. The molecule has 0 spiro atoms. The summed E-state index contributed by atoms with van der Waals surface area (Å²) in [5, 5.41) is 7.96. The van der Waals surface area contributed by atoms with E-state index in [0.29, 0.717) is 16.8 Å². The molecule has 0 atom stereocenters. The summed E-state index contributed by atoms with van der Waals surface area (Å²) in [7, 11) is 1.58. The van der Waals surface area contributed by atoms with Crippen molar-refractivity contribution in [3.8, 4) is 11.4 Å². The van der Waals surface area contributed by atoms with Crippen molar-refractivity contribution in [3.63, 3.8) is 0 Å². The first-order valence-electron chi connectivity index (χ1n) is 5.64. The molecule has 0 radical (unpaired) electrons. The molecule has 0 saturated carbocycles. The molecule has 3 rings (SSSR count). The van der Waals surface area contributed by atoms with Crippen molar-refractivity contribution in [2.24, 2.45) is 0 Å². The van der Waals surface area contributed by atoms with Gasteiger partial charge >= 0.3 is 0 Å². The molecule has 3 aromatic rings. The van der Waals surface area contributed by atoms with Gasteiger partial charge in [0.2, 0.25) is 0 Å². The number of para-hydroxylation sites is 2. The van der Waals surface area contributed by atoms with Gasteiger partial charge in [-0.05, 0) is 18.2 Å². The van der Waals surface area contributed by atoms with Crippen molar-refractivity contribution in [3.05, 3.63) is 42.2 Å². The van der Waals surface area contributed by atoms with Crippen LogP contribution in [-0.4, -0.2) is 22.1 Å².